The summed E-state index contributed by atoms with van der Waals surface area (Å²) in [5, 5.41) is 1.56. The molecule has 1 unspecified atom stereocenters. The predicted molar refractivity (Wildman–Crippen MR) is 53.0 cm³/mol. The van der Waals surface area contributed by atoms with Crippen LogP contribution in [0.3, 0.4) is 0 Å². The molecule has 0 aromatic heterocycles. The van der Waals surface area contributed by atoms with Crippen LogP contribution < -0.4 is 5.30 Å². The number of hydrogen-bond donors (Lipinski definition) is 0. The minimum Gasteiger partial charge on any atom is -0.0620 e. The highest BCUT2D eigenvalue weighted by Crippen LogP contribution is 2.41. The first-order chi connectivity index (χ1) is 5.47. The summed E-state index contributed by atoms with van der Waals surface area (Å²) in [4.78, 5) is 0. The Balaban J connectivity index is 2.23. The van der Waals surface area contributed by atoms with E-state index in [1.54, 1.807) is 5.30 Å². The number of hydrogen-bond acceptors (Lipinski definition) is 0. The van der Waals surface area contributed by atoms with Crippen LogP contribution in [0.5, 0.6) is 0 Å². The van der Waals surface area contributed by atoms with Gasteiger partial charge in [-0.25, -0.2) is 0 Å². The highest BCUT2D eigenvalue weighted by atomic mass is 31.1. The van der Waals surface area contributed by atoms with Gasteiger partial charge in [0.15, 0.2) is 0 Å². The summed E-state index contributed by atoms with van der Waals surface area (Å²) in [6.07, 6.45) is 5.01. The first kappa shape index (κ1) is 7.06. The van der Waals surface area contributed by atoms with Crippen molar-refractivity contribution in [2.45, 2.75) is 6.42 Å². The first-order valence-corrected chi connectivity index (χ1v) is 5.83. The van der Waals surface area contributed by atoms with Gasteiger partial charge >= 0.3 is 0 Å². The van der Waals surface area contributed by atoms with E-state index in [2.05, 4.69) is 42.2 Å². The number of benzene rings is 1. The quantitative estimate of drug-likeness (QED) is 0.558. The summed E-state index contributed by atoms with van der Waals surface area (Å²) >= 11 is 0. The number of allylic oxidation sites excluding steroid dienone is 1. The third kappa shape index (κ3) is 1.52. The van der Waals surface area contributed by atoms with Crippen molar-refractivity contribution < 1.29 is 0 Å². The molecule has 1 aliphatic heterocycles. The Hall–Kier alpha value is -0.610. The maximum atomic E-state index is 2.42. The summed E-state index contributed by atoms with van der Waals surface area (Å²) in [5.74, 6) is 2.42. The van der Waals surface area contributed by atoms with Gasteiger partial charge in [0.25, 0.3) is 0 Å². The van der Waals surface area contributed by atoms with Crippen molar-refractivity contribution in [1.82, 2.24) is 0 Å². The molecule has 0 aliphatic carbocycles. The zero-order valence-electron chi connectivity index (χ0n) is 6.46. The Labute approximate surface area is 68.7 Å². The van der Waals surface area contributed by atoms with Gasteiger partial charge in [-0.15, -0.1) is 0 Å². The molecule has 0 N–H and O–H groups in total. The van der Waals surface area contributed by atoms with Crippen LogP contribution in [0.1, 0.15) is 6.42 Å². The van der Waals surface area contributed by atoms with Crippen molar-refractivity contribution in [2.75, 3.05) is 6.16 Å². The zero-order chi connectivity index (χ0) is 7.52. The Morgan fingerprint density at radius 3 is 2.55 bits per heavy atom. The molecule has 0 radical (unpaired) electrons. The summed E-state index contributed by atoms with van der Waals surface area (Å²) in [5.41, 5.74) is 0. The maximum Gasteiger partial charge on any atom is 0.0960 e. The average molecular weight is 163 g/mol. The Kier molecular flexibility index (Phi) is 2.05. The third-order valence-corrected chi connectivity index (χ3v) is 4.58. The third-order valence-electron chi connectivity index (χ3n) is 2.04. The Bertz CT molecular complexity index is 251. The standard InChI is InChI=1S/C10H11P/c1-2-6-10(7-3-1)11-8-4-5-9-11/h1-4,6-8H,5,9H2/p+1. The molecule has 0 fully saturated rings. The predicted octanol–water partition coefficient (Wildman–Crippen LogP) is 2.44. The summed E-state index contributed by atoms with van der Waals surface area (Å²) in [6, 6.07) is 10.9. The lowest BCUT2D eigenvalue weighted by Gasteiger charge is -1.97. The van der Waals surface area contributed by atoms with Crippen molar-refractivity contribution in [2.24, 2.45) is 0 Å². The van der Waals surface area contributed by atoms with Gasteiger partial charge in [0.05, 0.1) is 25.2 Å². The van der Waals surface area contributed by atoms with Crippen LogP contribution in [-0.4, -0.2) is 6.16 Å². The van der Waals surface area contributed by atoms with E-state index in [4.69, 9.17) is 0 Å². The molecule has 1 heteroatoms. The van der Waals surface area contributed by atoms with E-state index < -0.39 is 0 Å². The molecule has 1 aromatic carbocycles. The fourth-order valence-corrected chi connectivity index (χ4v) is 3.64. The fourth-order valence-electron chi connectivity index (χ4n) is 1.44. The monoisotopic (exact) mass is 163 g/mol. The van der Waals surface area contributed by atoms with E-state index in [-0.39, 0.29) is 7.92 Å². The van der Waals surface area contributed by atoms with Crippen molar-refractivity contribution in [3.8, 4) is 0 Å². The second-order valence-corrected chi connectivity index (χ2v) is 5.29. The van der Waals surface area contributed by atoms with Crippen LogP contribution in [0.2, 0.25) is 0 Å². The molecular formula is C10H12P+. The van der Waals surface area contributed by atoms with E-state index in [9.17, 15) is 0 Å². The number of rotatable bonds is 1. The molecule has 0 amide bonds. The molecule has 11 heavy (non-hydrogen) atoms. The summed E-state index contributed by atoms with van der Waals surface area (Å²) in [7, 11) is -0.270. The smallest absolute Gasteiger partial charge is 0.0620 e. The molecule has 2 rings (SSSR count). The SMILES string of the molecule is C1=C[PH+](c2ccccc2)CC1. The molecule has 56 valence electrons. The molecule has 0 saturated carbocycles. The van der Waals surface area contributed by atoms with Crippen LogP contribution in [0.25, 0.3) is 0 Å². The van der Waals surface area contributed by atoms with E-state index in [0.717, 1.165) is 0 Å². The molecule has 0 nitrogen and oxygen atoms in total. The lowest BCUT2D eigenvalue weighted by molar-refractivity contribution is 1.27. The highest BCUT2D eigenvalue weighted by molar-refractivity contribution is 7.68. The Morgan fingerprint density at radius 2 is 1.91 bits per heavy atom. The van der Waals surface area contributed by atoms with E-state index >= 15 is 0 Å². The van der Waals surface area contributed by atoms with Gasteiger partial charge in [0, 0.05) is 6.42 Å². The summed E-state index contributed by atoms with van der Waals surface area (Å²) < 4.78 is 0. The van der Waals surface area contributed by atoms with Crippen LogP contribution >= 0.6 is 7.92 Å². The van der Waals surface area contributed by atoms with Crippen molar-refractivity contribution in [3.63, 3.8) is 0 Å². The van der Waals surface area contributed by atoms with Crippen LogP contribution in [0.15, 0.2) is 42.2 Å². The lowest BCUT2D eigenvalue weighted by Crippen LogP contribution is -1.97. The van der Waals surface area contributed by atoms with E-state index in [0.29, 0.717) is 0 Å². The molecule has 1 heterocycles. The largest absolute Gasteiger partial charge is 0.0960 e. The molecule has 0 spiro atoms. The first-order valence-electron chi connectivity index (χ1n) is 4.04. The summed E-state index contributed by atoms with van der Waals surface area (Å²) in [6.45, 7) is 0. The van der Waals surface area contributed by atoms with Gasteiger partial charge in [0.2, 0.25) is 0 Å². The van der Waals surface area contributed by atoms with Crippen LogP contribution in [-0.2, 0) is 0 Å². The second kappa shape index (κ2) is 3.19. The fraction of sp³-hybridized carbons (Fsp3) is 0.200. The van der Waals surface area contributed by atoms with Gasteiger partial charge in [-0.1, -0.05) is 18.2 Å². The van der Waals surface area contributed by atoms with Crippen molar-refractivity contribution in [3.05, 3.63) is 42.2 Å². The molecule has 1 atom stereocenters. The van der Waals surface area contributed by atoms with Gasteiger partial charge in [-0.3, -0.25) is 0 Å². The normalized spacial score (nSPS) is 22.4. The van der Waals surface area contributed by atoms with Crippen molar-refractivity contribution in [1.29, 1.82) is 0 Å². The molecular weight excluding hydrogens is 151 g/mol. The molecule has 1 aromatic rings. The average Bonchev–Trinajstić information content (AvgIpc) is 2.58. The second-order valence-electron chi connectivity index (χ2n) is 2.83. The maximum absolute atomic E-state index is 2.42. The Morgan fingerprint density at radius 1 is 1.09 bits per heavy atom. The van der Waals surface area contributed by atoms with Gasteiger partial charge in [-0.2, -0.15) is 0 Å². The molecule has 0 bridgehead atoms. The minimum atomic E-state index is -0.270. The zero-order valence-corrected chi connectivity index (χ0v) is 7.46. The topological polar surface area (TPSA) is 0 Å². The van der Waals surface area contributed by atoms with Crippen molar-refractivity contribution >= 4 is 13.2 Å². The van der Waals surface area contributed by atoms with E-state index in [1.807, 2.05) is 0 Å². The molecule has 1 aliphatic rings. The molecule has 0 saturated heterocycles. The highest BCUT2D eigenvalue weighted by Gasteiger charge is 2.18. The minimum absolute atomic E-state index is 0.270. The van der Waals surface area contributed by atoms with E-state index in [1.165, 1.54) is 12.6 Å². The van der Waals surface area contributed by atoms with Crippen LogP contribution in [0.4, 0.5) is 0 Å². The lowest BCUT2D eigenvalue weighted by atomic mass is 10.4. The van der Waals surface area contributed by atoms with Gasteiger partial charge < -0.3 is 0 Å². The van der Waals surface area contributed by atoms with Gasteiger partial charge in [0.1, 0.15) is 0 Å². The van der Waals surface area contributed by atoms with Crippen LogP contribution in [0, 0.1) is 0 Å². The van der Waals surface area contributed by atoms with Gasteiger partial charge in [-0.05, 0) is 18.2 Å².